The third-order valence-electron chi connectivity index (χ3n) is 3.47. The molecule has 106 valence electrons. The lowest BCUT2D eigenvalue weighted by molar-refractivity contribution is 0.229. The summed E-state index contributed by atoms with van der Waals surface area (Å²) < 4.78 is 41.3. The molecular weight excluding hydrogens is 269 g/mol. The van der Waals surface area contributed by atoms with Gasteiger partial charge in [-0.15, -0.1) is 0 Å². The van der Waals surface area contributed by atoms with E-state index in [-0.39, 0.29) is 35.8 Å². The van der Waals surface area contributed by atoms with Gasteiger partial charge in [-0.2, -0.15) is 0 Å². The summed E-state index contributed by atoms with van der Waals surface area (Å²) in [7, 11) is -2.88. The fraction of sp³-hybridized carbons (Fsp3) is 0.538. The largest absolute Gasteiger partial charge is 0.489 e. The maximum atomic E-state index is 13.3. The average Bonchev–Trinajstić information content (AvgIpc) is 2.37. The van der Waals surface area contributed by atoms with E-state index < -0.39 is 15.7 Å². The molecule has 0 radical (unpaired) electrons. The fourth-order valence-electron chi connectivity index (χ4n) is 2.22. The minimum atomic E-state index is -2.88. The van der Waals surface area contributed by atoms with Crippen LogP contribution in [0.15, 0.2) is 24.3 Å². The highest BCUT2D eigenvalue weighted by molar-refractivity contribution is 7.91. The number of hydrogen-bond donors (Lipinski definition) is 1. The van der Waals surface area contributed by atoms with Crippen molar-refractivity contribution in [2.45, 2.75) is 18.9 Å². The minimum Gasteiger partial charge on any atom is -0.489 e. The number of rotatable bonds is 4. The first kappa shape index (κ1) is 14.3. The molecule has 19 heavy (non-hydrogen) atoms. The highest BCUT2D eigenvalue weighted by atomic mass is 32.2. The molecule has 1 saturated heterocycles. The van der Waals surface area contributed by atoms with Crippen LogP contribution in [-0.4, -0.2) is 32.6 Å². The van der Waals surface area contributed by atoms with E-state index in [1.807, 2.05) is 0 Å². The van der Waals surface area contributed by atoms with Crippen molar-refractivity contribution in [3.63, 3.8) is 0 Å². The number of sulfone groups is 1. The smallest absolute Gasteiger partial charge is 0.165 e. The van der Waals surface area contributed by atoms with Crippen molar-refractivity contribution in [2.24, 2.45) is 11.7 Å². The quantitative estimate of drug-likeness (QED) is 0.907. The number of ether oxygens (including phenoxy) is 1. The van der Waals surface area contributed by atoms with Crippen LogP contribution in [0.25, 0.3) is 0 Å². The number of para-hydroxylation sites is 1. The van der Waals surface area contributed by atoms with Gasteiger partial charge in [0.25, 0.3) is 0 Å². The summed E-state index contributed by atoms with van der Waals surface area (Å²) in [6.45, 7) is 0.200. The van der Waals surface area contributed by atoms with Crippen molar-refractivity contribution in [3.05, 3.63) is 30.1 Å². The van der Waals surface area contributed by atoms with Gasteiger partial charge in [0, 0.05) is 6.04 Å². The lowest BCUT2D eigenvalue weighted by Crippen LogP contribution is -2.40. The van der Waals surface area contributed by atoms with Crippen molar-refractivity contribution < 1.29 is 17.5 Å². The van der Waals surface area contributed by atoms with Gasteiger partial charge in [-0.3, -0.25) is 0 Å². The maximum Gasteiger partial charge on any atom is 0.165 e. The Hall–Kier alpha value is -1.14. The summed E-state index contributed by atoms with van der Waals surface area (Å²) in [4.78, 5) is 0. The summed E-state index contributed by atoms with van der Waals surface area (Å²) in [6, 6.07) is 5.89. The minimum absolute atomic E-state index is 0.121. The number of benzene rings is 1. The Morgan fingerprint density at radius 3 is 2.58 bits per heavy atom. The molecule has 1 atom stereocenters. The maximum absolute atomic E-state index is 13.3. The van der Waals surface area contributed by atoms with Crippen LogP contribution in [0.3, 0.4) is 0 Å². The van der Waals surface area contributed by atoms with E-state index in [0.29, 0.717) is 12.8 Å². The zero-order valence-corrected chi connectivity index (χ0v) is 11.4. The molecule has 2 N–H and O–H groups in total. The zero-order chi connectivity index (χ0) is 13.9. The standard InChI is InChI=1S/C13H18FNO3S/c14-11-3-1-2-4-13(11)18-9-12(15)10-5-7-19(16,17)8-6-10/h1-4,10,12H,5-9,15H2. The summed E-state index contributed by atoms with van der Waals surface area (Å²) >= 11 is 0. The molecule has 1 heterocycles. The predicted octanol–water partition coefficient (Wildman–Crippen LogP) is 1.36. The first-order valence-electron chi connectivity index (χ1n) is 6.31. The molecule has 0 bridgehead atoms. The molecule has 1 aliphatic rings. The molecular formula is C13H18FNO3S. The van der Waals surface area contributed by atoms with Gasteiger partial charge in [-0.1, -0.05) is 12.1 Å². The lowest BCUT2D eigenvalue weighted by Gasteiger charge is -2.27. The Kier molecular flexibility index (Phi) is 4.42. The lowest BCUT2D eigenvalue weighted by atomic mass is 9.95. The van der Waals surface area contributed by atoms with Crippen LogP contribution in [0.2, 0.25) is 0 Å². The van der Waals surface area contributed by atoms with Crippen LogP contribution in [0.5, 0.6) is 5.75 Å². The number of hydrogen-bond acceptors (Lipinski definition) is 4. The molecule has 0 amide bonds. The third kappa shape index (κ3) is 3.91. The molecule has 1 aliphatic heterocycles. The summed E-state index contributed by atoms with van der Waals surface area (Å²) in [5.41, 5.74) is 5.99. The molecule has 1 aromatic carbocycles. The fourth-order valence-corrected chi connectivity index (χ4v) is 3.75. The summed E-state index contributed by atoms with van der Waals surface area (Å²) in [5, 5.41) is 0. The van der Waals surface area contributed by atoms with Gasteiger partial charge in [0.15, 0.2) is 11.6 Å². The molecule has 1 unspecified atom stereocenters. The zero-order valence-electron chi connectivity index (χ0n) is 10.6. The van der Waals surface area contributed by atoms with Crippen LogP contribution in [0, 0.1) is 11.7 Å². The Labute approximate surface area is 112 Å². The molecule has 6 heteroatoms. The molecule has 0 spiro atoms. The highest BCUT2D eigenvalue weighted by Gasteiger charge is 2.28. The summed E-state index contributed by atoms with van der Waals surface area (Å²) in [6.07, 6.45) is 1.12. The molecule has 0 aromatic heterocycles. The first-order valence-corrected chi connectivity index (χ1v) is 8.13. The van der Waals surface area contributed by atoms with Crippen molar-refractivity contribution in [3.8, 4) is 5.75 Å². The predicted molar refractivity (Wildman–Crippen MR) is 71.2 cm³/mol. The van der Waals surface area contributed by atoms with Gasteiger partial charge in [-0.05, 0) is 30.9 Å². The van der Waals surface area contributed by atoms with Crippen LogP contribution < -0.4 is 10.5 Å². The molecule has 0 saturated carbocycles. The monoisotopic (exact) mass is 287 g/mol. The van der Waals surface area contributed by atoms with Crippen LogP contribution in [0.4, 0.5) is 4.39 Å². The van der Waals surface area contributed by atoms with Crippen LogP contribution >= 0.6 is 0 Å². The van der Waals surface area contributed by atoms with Gasteiger partial charge in [0.1, 0.15) is 16.4 Å². The Morgan fingerprint density at radius 1 is 1.32 bits per heavy atom. The topological polar surface area (TPSA) is 69.4 Å². The van der Waals surface area contributed by atoms with E-state index in [1.54, 1.807) is 18.2 Å². The van der Waals surface area contributed by atoms with E-state index in [2.05, 4.69) is 0 Å². The second-order valence-corrected chi connectivity index (χ2v) is 7.20. The summed E-state index contributed by atoms with van der Waals surface area (Å²) in [5.74, 6) is 0.258. The Morgan fingerprint density at radius 2 is 1.95 bits per heavy atom. The molecule has 1 aromatic rings. The van der Waals surface area contributed by atoms with Gasteiger partial charge < -0.3 is 10.5 Å². The van der Waals surface area contributed by atoms with Crippen LogP contribution in [0.1, 0.15) is 12.8 Å². The van der Waals surface area contributed by atoms with Crippen molar-refractivity contribution in [1.82, 2.24) is 0 Å². The number of halogens is 1. The van der Waals surface area contributed by atoms with E-state index in [1.165, 1.54) is 6.07 Å². The molecule has 4 nitrogen and oxygen atoms in total. The Bertz CT molecular complexity index is 518. The van der Waals surface area contributed by atoms with Crippen molar-refractivity contribution in [2.75, 3.05) is 18.1 Å². The molecule has 0 aliphatic carbocycles. The van der Waals surface area contributed by atoms with Crippen molar-refractivity contribution in [1.29, 1.82) is 0 Å². The number of nitrogens with two attached hydrogens (primary N) is 1. The third-order valence-corrected chi connectivity index (χ3v) is 5.19. The normalized spacial score (nSPS) is 20.9. The molecule has 2 rings (SSSR count). The Balaban J connectivity index is 1.85. The van der Waals surface area contributed by atoms with Crippen LogP contribution in [-0.2, 0) is 9.84 Å². The first-order chi connectivity index (χ1) is 8.98. The molecule has 1 fully saturated rings. The van der Waals surface area contributed by atoms with E-state index in [0.717, 1.165) is 0 Å². The van der Waals surface area contributed by atoms with E-state index in [4.69, 9.17) is 10.5 Å². The second-order valence-electron chi connectivity index (χ2n) is 4.89. The SMILES string of the molecule is NC(COc1ccccc1F)C1CCS(=O)(=O)CC1. The van der Waals surface area contributed by atoms with Gasteiger partial charge in [-0.25, -0.2) is 12.8 Å². The average molecular weight is 287 g/mol. The van der Waals surface area contributed by atoms with Gasteiger partial charge >= 0.3 is 0 Å². The second kappa shape index (κ2) is 5.88. The van der Waals surface area contributed by atoms with E-state index in [9.17, 15) is 12.8 Å². The van der Waals surface area contributed by atoms with Gasteiger partial charge in [0.2, 0.25) is 0 Å². The van der Waals surface area contributed by atoms with Crippen molar-refractivity contribution >= 4 is 9.84 Å². The van der Waals surface area contributed by atoms with Gasteiger partial charge in [0.05, 0.1) is 11.5 Å². The van der Waals surface area contributed by atoms with E-state index >= 15 is 0 Å². The highest BCUT2D eigenvalue weighted by Crippen LogP contribution is 2.22.